The normalized spacial score (nSPS) is 10.7. The molecule has 0 aliphatic heterocycles. The number of benzene rings is 2. The number of amides is 1. The summed E-state index contributed by atoms with van der Waals surface area (Å²) in [4.78, 5) is 16.6. The van der Waals surface area contributed by atoms with Crippen LogP contribution in [0.5, 0.6) is 0 Å². The molecule has 0 spiro atoms. The van der Waals surface area contributed by atoms with E-state index in [1.54, 1.807) is 6.92 Å². The fourth-order valence-electron chi connectivity index (χ4n) is 2.14. The van der Waals surface area contributed by atoms with E-state index in [0.29, 0.717) is 11.4 Å². The van der Waals surface area contributed by atoms with Gasteiger partial charge in [-0.3, -0.25) is 4.79 Å². The third kappa shape index (κ3) is 3.16. The molecule has 3 aromatic rings. The Hall–Kier alpha value is -2.67. The number of halogens is 3. The summed E-state index contributed by atoms with van der Waals surface area (Å²) >= 11 is 0.894. The Morgan fingerprint density at radius 3 is 2.29 bits per heavy atom. The van der Waals surface area contributed by atoms with Crippen LogP contribution in [0.2, 0.25) is 0 Å². The smallest absolute Gasteiger partial charge is 0.267 e. The fraction of sp³-hybridized carbons (Fsp3) is 0.0588. The predicted octanol–water partition coefficient (Wildman–Crippen LogP) is 4.79. The molecule has 1 heterocycles. The summed E-state index contributed by atoms with van der Waals surface area (Å²) in [6.45, 7) is 1.58. The predicted molar refractivity (Wildman–Crippen MR) is 86.6 cm³/mol. The number of nitrogens with zero attached hydrogens (tertiary/aromatic N) is 1. The van der Waals surface area contributed by atoms with Gasteiger partial charge < -0.3 is 5.32 Å². The van der Waals surface area contributed by atoms with Crippen molar-refractivity contribution in [1.82, 2.24) is 4.98 Å². The van der Waals surface area contributed by atoms with E-state index in [1.165, 1.54) is 30.3 Å². The van der Waals surface area contributed by atoms with Gasteiger partial charge in [-0.2, -0.15) is 0 Å². The highest BCUT2D eigenvalue weighted by Gasteiger charge is 2.20. The standard InChI is InChI=1S/C17H11F3N2OS/c1-9-15(16(23)22-11-7-5-10(18)6-8-11)24-17(21-9)14-12(19)3-2-4-13(14)20/h2-8H,1H3,(H,22,23). The third-order valence-corrected chi connectivity index (χ3v) is 4.46. The highest BCUT2D eigenvalue weighted by atomic mass is 32.1. The van der Waals surface area contributed by atoms with Gasteiger partial charge in [0.25, 0.3) is 5.91 Å². The van der Waals surface area contributed by atoms with Crippen LogP contribution in [-0.4, -0.2) is 10.9 Å². The first-order chi connectivity index (χ1) is 11.5. The number of aromatic nitrogens is 1. The SMILES string of the molecule is Cc1nc(-c2c(F)cccc2F)sc1C(=O)Nc1ccc(F)cc1. The van der Waals surface area contributed by atoms with Crippen LogP contribution in [0.25, 0.3) is 10.6 Å². The molecule has 3 nitrogen and oxygen atoms in total. The van der Waals surface area contributed by atoms with Gasteiger partial charge in [-0.1, -0.05) is 6.07 Å². The number of hydrogen-bond acceptors (Lipinski definition) is 3. The minimum absolute atomic E-state index is 0.0901. The van der Waals surface area contributed by atoms with Crippen molar-refractivity contribution in [2.75, 3.05) is 5.32 Å². The summed E-state index contributed by atoms with van der Waals surface area (Å²) in [6, 6.07) is 8.80. The van der Waals surface area contributed by atoms with Gasteiger partial charge in [0.05, 0.1) is 11.3 Å². The maximum absolute atomic E-state index is 13.9. The van der Waals surface area contributed by atoms with Gasteiger partial charge in [0.2, 0.25) is 0 Å². The van der Waals surface area contributed by atoms with Crippen molar-refractivity contribution >= 4 is 22.9 Å². The molecule has 7 heteroatoms. The minimum atomic E-state index is -0.741. The molecule has 122 valence electrons. The molecule has 3 rings (SSSR count). The largest absolute Gasteiger partial charge is 0.321 e. The highest BCUT2D eigenvalue weighted by molar-refractivity contribution is 7.17. The van der Waals surface area contributed by atoms with Crippen molar-refractivity contribution in [2.24, 2.45) is 0 Å². The molecule has 0 aliphatic rings. The second-order valence-electron chi connectivity index (χ2n) is 4.99. The zero-order valence-electron chi connectivity index (χ0n) is 12.4. The van der Waals surface area contributed by atoms with Crippen LogP contribution < -0.4 is 5.32 Å². The molecule has 0 fully saturated rings. The van der Waals surface area contributed by atoms with Gasteiger partial charge in [0.1, 0.15) is 27.3 Å². The van der Waals surface area contributed by atoms with Gasteiger partial charge in [-0.05, 0) is 43.3 Å². The van der Waals surface area contributed by atoms with Gasteiger partial charge >= 0.3 is 0 Å². The summed E-state index contributed by atoms with van der Waals surface area (Å²) < 4.78 is 40.6. The zero-order valence-corrected chi connectivity index (χ0v) is 13.3. The molecule has 0 saturated heterocycles. The van der Waals surface area contributed by atoms with E-state index in [4.69, 9.17) is 0 Å². The van der Waals surface area contributed by atoms with E-state index in [-0.39, 0.29) is 15.4 Å². The fourth-order valence-corrected chi connectivity index (χ4v) is 3.15. The van der Waals surface area contributed by atoms with Crippen LogP contribution in [0.1, 0.15) is 15.4 Å². The Balaban J connectivity index is 1.91. The van der Waals surface area contributed by atoms with Crippen molar-refractivity contribution in [2.45, 2.75) is 6.92 Å². The third-order valence-electron chi connectivity index (χ3n) is 3.28. The van der Waals surface area contributed by atoms with Crippen molar-refractivity contribution in [3.05, 3.63) is 70.5 Å². The lowest BCUT2D eigenvalue weighted by atomic mass is 10.2. The monoisotopic (exact) mass is 348 g/mol. The summed E-state index contributed by atoms with van der Waals surface area (Å²) in [5, 5.41) is 2.69. The Kier molecular flexibility index (Phi) is 4.35. The maximum Gasteiger partial charge on any atom is 0.267 e. The Bertz CT molecular complexity index is 886. The van der Waals surface area contributed by atoms with Crippen LogP contribution in [0, 0.1) is 24.4 Å². The summed E-state index contributed by atoms with van der Waals surface area (Å²) in [7, 11) is 0. The van der Waals surface area contributed by atoms with Gasteiger partial charge in [-0.15, -0.1) is 11.3 Å². The molecule has 24 heavy (non-hydrogen) atoms. The van der Waals surface area contributed by atoms with Crippen LogP contribution in [0.3, 0.4) is 0 Å². The van der Waals surface area contributed by atoms with Crippen LogP contribution in [0.15, 0.2) is 42.5 Å². The first-order valence-corrected chi connectivity index (χ1v) is 7.76. The molecule has 0 atom stereocenters. The molecule has 0 saturated carbocycles. The molecule has 2 aromatic carbocycles. The molecule has 1 amide bonds. The average molecular weight is 348 g/mol. The first kappa shape index (κ1) is 16.2. The lowest BCUT2D eigenvalue weighted by molar-refractivity contribution is 0.103. The maximum atomic E-state index is 13.9. The summed E-state index contributed by atoms with van der Waals surface area (Å²) in [5.74, 6) is -2.37. The average Bonchev–Trinajstić information content (AvgIpc) is 2.91. The van der Waals surface area contributed by atoms with Gasteiger partial charge in [-0.25, -0.2) is 18.2 Å². The van der Waals surface area contributed by atoms with Gasteiger partial charge in [0, 0.05) is 5.69 Å². The highest BCUT2D eigenvalue weighted by Crippen LogP contribution is 2.32. The van der Waals surface area contributed by atoms with E-state index < -0.39 is 23.4 Å². The molecule has 1 N–H and O–H groups in total. The zero-order chi connectivity index (χ0) is 17.3. The molecule has 0 bridgehead atoms. The number of rotatable bonds is 3. The first-order valence-electron chi connectivity index (χ1n) is 6.94. The molecule has 0 unspecified atom stereocenters. The number of anilines is 1. The quantitative estimate of drug-likeness (QED) is 0.739. The Labute approximate surface area is 139 Å². The molecule has 0 radical (unpaired) electrons. The van der Waals surface area contributed by atoms with Crippen molar-refractivity contribution < 1.29 is 18.0 Å². The number of thiazole rings is 1. The molecule has 1 aromatic heterocycles. The van der Waals surface area contributed by atoms with Gasteiger partial charge in [0.15, 0.2) is 0 Å². The number of hydrogen-bond donors (Lipinski definition) is 1. The molecular weight excluding hydrogens is 337 g/mol. The number of carbonyl (C=O) groups excluding carboxylic acids is 1. The number of aryl methyl sites for hydroxylation is 1. The Morgan fingerprint density at radius 1 is 1.04 bits per heavy atom. The summed E-state index contributed by atoms with van der Waals surface area (Å²) in [5.41, 5.74) is 0.511. The van der Waals surface area contributed by atoms with E-state index in [2.05, 4.69) is 10.3 Å². The molecule has 0 aliphatic carbocycles. The van der Waals surface area contributed by atoms with Crippen molar-refractivity contribution in [3.63, 3.8) is 0 Å². The van der Waals surface area contributed by atoms with E-state index >= 15 is 0 Å². The number of carbonyl (C=O) groups is 1. The van der Waals surface area contributed by atoms with Crippen molar-refractivity contribution in [3.8, 4) is 10.6 Å². The van der Waals surface area contributed by atoms with Crippen LogP contribution in [0.4, 0.5) is 18.9 Å². The van der Waals surface area contributed by atoms with E-state index in [1.807, 2.05) is 0 Å². The topological polar surface area (TPSA) is 42.0 Å². The van der Waals surface area contributed by atoms with Crippen LogP contribution >= 0.6 is 11.3 Å². The summed E-state index contributed by atoms with van der Waals surface area (Å²) in [6.07, 6.45) is 0. The number of nitrogens with one attached hydrogen (secondary N) is 1. The second-order valence-corrected chi connectivity index (χ2v) is 5.99. The van der Waals surface area contributed by atoms with E-state index in [0.717, 1.165) is 23.5 Å². The minimum Gasteiger partial charge on any atom is -0.321 e. The lowest BCUT2D eigenvalue weighted by Crippen LogP contribution is -2.11. The lowest BCUT2D eigenvalue weighted by Gasteiger charge is -2.03. The molecular formula is C17H11F3N2OS. The van der Waals surface area contributed by atoms with Crippen molar-refractivity contribution in [1.29, 1.82) is 0 Å². The van der Waals surface area contributed by atoms with E-state index in [9.17, 15) is 18.0 Å². The second kappa shape index (κ2) is 6.45. The van der Waals surface area contributed by atoms with Crippen LogP contribution in [-0.2, 0) is 0 Å². The Morgan fingerprint density at radius 2 is 1.67 bits per heavy atom.